The van der Waals surface area contributed by atoms with Gasteiger partial charge in [-0.25, -0.2) is 4.99 Å². The number of aliphatic imine (C=N–C) groups is 1. The maximum absolute atomic E-state index is 6.14. The summed E-state index contributed by atoms with van der Waals surface area (Å²) in [5.74, 6) is 1.92. The van der Waals surface area contributed by atoms with Crippen molar-refractivity contribution in [3.63, 3.8) is 0 Å². The number of rotatable bonds is 3. The van der Waals surface area contributed by atoms with Crippen molar-refractivity contribution in [2.75, 3.05) is 18.5 Å². The summed E-state index contributed by atoms with van der Waals surface area (Å²) in [4.78, 5) is 4.67. The van der Waals surface area contributed by atoms with E-state index in [0.29, 0.717) is 19.2 Å². The van der Waals surface area contributed by atoms with E-state index >= 15 is 0 Å². The molecular weight excluding hydrogens is 330 g/mol. The van der Waals surface area contributed by atoms with Crippen LogP contribution in [0.2, 0.25) is 0 Å². The van der Waals surface area contributed by atoms with Crippen LogP contribution < -0.4 is 20.5 Å². The fourth-order valence-electron chi connectivity index (χ4n) is 3.30. The minimum absolute atomic E-state index is 0.0374. The molecule has 0 aromatic heterocycles. The highest BCUT2D eigenvalue weighted by molar-refractivity contribution is 5.92. The van der Waals surface area contributed by atoms with Gasteiger partial charge >= 0.3 is 0 Å². The molecule has 1 aromatic carbocycles. The molecule has 0 radical (unpaired) electrons. The normalized spacial score (nSPS) is 25.2. The lowest BCUT2D eigenvalue weighted by molar-refractivity contribution is -0.165. The molecule has 0 saturated heterocycles. The van der Waals surface area contributed by atoms with Gasteiger partial charge in [0.25, 0.3) is 0 Å². The Balaban J connectivity index is 1.63. The maximum Gasteiger partial charge on any atom is 0.193 e. The summed E-state index contributed by atoms with van der Waals surface area (Å²) in [6.45, 7) is 12.0. The van der Waals surface area contributed by atoms with Gasteiger partial charge in [0.05, 0.1) is 31.0 Å². The SMILES string of the molecule is CC(C)(C)O[C@@H]1C[C@H](N=C(N)Nc2ccc3c(c2)OCCCO3)C1(C)C. The highest BCUT2D eigenvalue weighted by Crippen LogP contribution is 2.46. The van der Waals surface area contributed by atoms with Crippen LogP contribution in [0.15, 0.2) is 23.2 Å². The molecule has 3 rings (SSSR count). The molecule has 2 atom stereocenters. The number of ether oxygens (including phenoxy) is 3. The number of nitrogens with two attached hydrogens (primary N) is 1. The molecule has 6 heteroatoms. The third kappa shape index (κ3) is 4.23. The van der Waals surface area contributed by atoms with E-state index in [0.717, 1.165) is 30.0 Å². The van der Waals surface area contributed by atoms with E-state index in [1.165, 1.54) is 0 Å². The van der Waals surface area contributed by atoms with E-state index in [9.17, 15) is 0 Å². The first-order chi connectivity index (χ1) is 12.1. The molecule has 0 spiro atoms. The Kier molecular flexibility index (Phi) is 5.06. The molecule has 0 amide bonds. The molecule has 144 valence electrons. The summed E-state index contributed by atoms with van der Waals surface area (Å²) in [6.07, 6.45) is 1.96. The van der Waals surface area contributed by atoms with Crippen LogP contribution in [0.4, 0.5) is 5.69 Å². The molecule has 1 aliphatic heterocycles. The predicted octanol–water partition coefficient (Wildman–Crippen LogP) is 3.56. The van der Waals surface area contributed by atoms with Gasteiger partial charge in [0, 0.05) is 23.6 Å². The van der Waals surface area contributed by atoms with Crippen LogP contribution in [0.1, 0.15) is 47.5 Å². The smallest absolute Gasteiger partial charge is 0.193 e. The molecule has 26 heavy (non-hydrogen) atoms. The van der Waals surface area contributed by atoms with Gasteiger partial charge < -0.3 is 25.3 Å². The summed E-state index contributed by atoms with van der Waals surface area (Å²) >= 11 is 0. The number of guanidine groups is 1. The Bertz CT molecular complexity index is 679. The summed E-state index contributed by atoms with van der Waals surface area (Å²) in [7, 11) is 0. The van der Waals surface area contributed by atoms with Crippen LogP contribution in [-0.4, -0.2) is 36.9 Å². The van der Waals surface area contributed by atoms with E-state index in [-0.39, 0.29) is 23.2 Å². The van der Waals surface area contributed by atoms with Crippen molar-refractivity contribution in [2.45, 2.75) is 65.2 Å². The number of fused-ring (bicyclic) bond motifs is 1. The number of nitrogens with one attached hydrogen (secondary N) is 1. The fourth-order valence-corrected chi connectivity index (χ4v) is 3.30. The first-order valence-corrected chi connectivity index (χ1v) is 9.33. The average Bonchev–Trinajstić information content (AvgIpc) is 2.77. The van der Waals surface area contributed by atoms with E-state index in [2.05, 4.69) is 44.9 Å². The first-order valence-electron chi connectivity index (χ1n) is 9.33. The monoisotopic (exact) mass is 361 g/mol. The van der Waals surface area contributed by atoms with Crippen molar-refractivity contribution >= 4 is 11.6 Å². The second kappa shape index (κ2) is 6.99. The predicted molar refractivity (Wildman–Crippen MR) is 104 cm³/mol. The van der Waals surface area contributed by atoms with E-state index in [1.54, 1.807) is 0 Å². The molecule has 1 saturated carbocycles. The Morgan fingerprint density at radius 1 is 1.23 bits per heavy atom. The van der Waals surface area contributed by atoms with Gasteiger partial charge in [-0.05, 0) is 39.3 Å². The van der Waals surface area contributed by atoms with Crippen LogP contribution in [0, 0.1) is 5.41 Å². The van der Waals surface area contributed by atoms with Gasteiger partial charge in [0.1, 0.15) is 0 Å². The van der Waals surface area contributed by atoms with Gasteiger partial charge in [-0.1, -0.05) is 13.8 Å². The van der Waals surface area contributed by atoms with Crippen LogP contribution in [0.3, 0.4) is 0 Å². The summed E-state index contributed by atoms with van der Waals surface area (Å²) < 4.78 is 17.5. The zero-order valence-corrected chi connectivity index (χ0v) is 16.5. The van der Waals surface area contributed by atoms with Crippen molar-refractivity contribution in [3.05, 3.63) is 18.2 Å². The van der Waals surface area contributed by atoms with Gasteiger partial charge in [-0.3, -0.25) is 0 Å². The van der Waals surface area contributed by atoms with Gasteiger partial charge in [-0.15, -0.1) is 0 Å². The first kappa shape index (κ1) is 18.8. The van der Waals surface area contributed by atoms with Crippen molar-refractivity contribution < 1.29 is 14.2 Å². The highest BCUT2D eigenvalue weighted by atomic mass is 16.5. The Labute approximate surface area is 156 Å². The van der Waals surface area contributed by atoms with Gasteiger partial charge in [0.15, 0.2) is 17.5 Å². The number of benzene rings is 1. The second-order valence-electron chi connectivity index (χ2n) is 8.64. The zero-order valence-electron chi connectivity index (χ0n) is 16.5. The lowest BCUT2D eigenvalue weighted by atomic mass is 9.64. The third-order valence-corrected chi connectivity index (χ3v) is 4.94. The minimum atomic E-state index is -0.148. The standard InChI is InChI=1S/C20H31N3O3/c1-19(2,3)26-17-12-16(20(17,4)5)23-18(21)22-13-7-8-14-15(11-13)25-10-6-9-24-14/h7-8,11,16-17H,6,9-10,12H2,1-5H3,(H3,21,22,23)/t16-,17+/m0/s1. The van der Waals surface area contributed by atoms with E-state index in [1.807, 2.05) is 18.2 Å². The van der Waals surface area contributed by atoms with Crippen LogP contribution in [0.25, 0.3) is 0 Å². The average molecular weight is 361 g/mol. The molecule has 0 unspecified atom stereocenters. The molecular formula is C20H31N3O3. The van der Waals surface area contributed by atoms with Crippen LogP contribution in [0.5, 0.6) is 11.5 Å². The van der Waals surface area contributed by atoms with Crippen LogP contribution >= 0.6 is 0 Å². The topological polar surface area (TPSA) is 78.1 Å². The van der Waals surface area contributed by atoms with E-state index < -0.39 is 0 Å². The van der Waals surface area contributed by atoms with Crippen molar-refractivity contribution in [1.82, 2.24) is 0 Å². The molecule has 1 heterocycles. The molecule has 6 nitrogen and oxygen atoms in total. The lowest BCUT2D eigenvalue weighted by Gasteiger charge is -2.51. The number of anilines is 1. The number of hydrogen-bond donors (Lipinski definition) is 2. The highest BCUT2D eigenvalue weighted by Gasteiger charge is 2.50. The van der Waals surface area contributed by atoms with Crippen molar-refractivity contribution in [2.24, 2.45) is 16.1 Å². The lowest BCUT2D eigenvalue weighted by Crippen LogP contribution is -2.56. The number of hydrogen-bond acceptors (Lipinski definition) is 4. The quantitative estimate of drug-likeness (QED) is 0.636. The second-order valence-corrected chi connectivity index (χ2v) is 8.64. The summed E-state index contributed by atoms with van der Waals surface area (Å²) in [5.41, 5.74) is 6.80. The third-order valence-electron chi connectivity index (χ3n) is 4.94. The molecule has 0 bridgehead atoms. The minimum Gasteiger partial charge on any atom is -0.490 e. The Hall–Kier alpha value is -1.95. The maximum atomic E-state index is 6.14. The summed E-state index contributed by atoms with van der Waals surface area (Å²) in [5, 5.41) is 3.16. The molecule has 1 aliphatic carbocycles. The Morgan fingerprint density at radius 2 is 1.92 bits per heavy atom. The van der Waals surface area contributed by atoms with Crippen molar-refractivity contribution in [1.29, 1.82) is 0 Å². The van der Waals surface area contributed by atoms with Crippen LogP contribution in [-0.2, 0) is 4.74 Å². The fraction of sp³-hybridized carbons (Fsp3) is 0.650. The molecule has 1 fully saturated rings. The molecule has 2 aliphatic rings. The molecule has 3 N–H and O–H groups in total. The van der Waals surface area contributed by atoms with Gasteiger partial charge in [0.2, 0.25) is 0 Å². The van der Waals surface area contributed by atoms with E-state index in [4.69, 9.17) is 19.9 Å². The summed E-state index contributed by atoms with van der Waals surface area (Å²) in [6, 6.07) is 5.87. The zero-order chi connectivity index (χ0) is 18.9. The van der Waals surface area contributed by atoms with Gasteiger partial charge in [-0.2, -0.15) is 0 Å². The number of nitrogens with zero attached hydrogens (tertiary/aromatic N) is 1. The van der Waals surface area contributed by atoms with Crippen molar-refractivity contribution in [3.8, 4) is 11.5 Å². The largest absolute Gasteiger partial charge is 0.490 e. The molecule has 1 aromatic rings. The Morgan fingerprint density at radius 3 is 2.58 bits per heavy atom.